The van der Waals surface area contributed by atoms with Crippen LogP contribution in [0.25, 0.3) is 0 Å². The van der Waals surface area contributed by atoms with Crippen molar-refractivity contribution in [2.45, 2.75) is 44.0 Å². The first-order valence-corrected chi connectivity index (χ1v) is 6.99. The highest BCUT2D eigenvalue weighted by Gasteiger charge is 2.47. The Morgan fingerprint density at radius 3 is 2.70 bits per heavy atom. The summed E-state index contributed by atoms with van der Waals surface area (Å²) in [7, 11) is 0. The van der Waals surface area contributed by atoms with E-state index in [1.165, 1.54) is 19.2 Å². The highest BCUT2D eigenvalue weighted by molar-refractivity contribution is 5.69. The highest BCUT2D eigenvalue weighted by atomic mass is 16.6. The van der Waals surface area contributed by atoms with Crippen LogP contribution in [-0.2, 0) is 9.53 Å². The topological polar surface area (TPSA) is 168 Å². The van der Waals surface area contributed by atoms with Crippen LogP contribution in [-0.4, -0.2) is 60.4 Å². The van der Waals surface area contributed by atoms with Crippen molar-refractivity contribution in [1.29, 1.82) is 0 Å². The van der Waals surface area contributed by atoms with Gasteiger partial charge in [-0.15, -0.1) is 0 Å². The number of hydrogen-bond donors (Lipinski definition) is 5. The number of carboxylic acid groups (broad SMARTS) is 1. The Morgan fingerprint density at radius 2 is 2.13 bits per heavy atom. The van der Waals surface area contributed by atoms with E-state index in [4.69, 9.17) is 15.6 Å². The number of anilines is 1. The number of aliphatic carboxylic acids is 1. The van der Waals surface area contributed by atoms with Gasteiger partial charge in [-0.3, -0.25) is 9.36 Å². The Balaban J connectivity index is 2.17. The van der Waals surface area contributed by atoms with E-state index in [0.717, 1.165) is 4.57 Å². The van der Waals surface area contributed by atoms with Crippen molar-refractivity contribution in [2.24, 2.45) is 5.92 Å². The number of carboxylic acids is 1. The second-order valence-electron chi connectivity index (χ2n) is 5.56. The van der Waals surface area contributed by atoms with Gasteiger partial charge in [0.15, 0.2) is 6.23 Å². The largest absolute Gasteiger partial charge is 0.481 e. The van der Waals surface area contributed by atoms with Crippen LogP contribution >= 0.6 is 0 Å². The lowest BCUT2D eigenvalue weighted by atomic mass is 9.97. The fourth-order valence-electron chi connectivity index (χ4n) is 2.45. The molecule has 0 radical (unpaired) electrons. The summed E-state index contributed by atoms with van der Waals surface area (Å²) in [5, 5.41) is 39.0. The van der Waals surface area contributed by atoms with Crippen LogP contribution in [0.15, 0.2) is 17.1 Å². The third-order valence-corrected chi connectivity index (χ3v) is 3.80. The van der Waals surface area contributed by atoms with Gasteiger partial charge in [-0.2, -0.15) is 4.98 Å². The van der Waals surface area contributed by atoms with Crippen LogP contribution in [0.1, 0.15) is 19.6 Å². The number of aliphatic hydroxyl groups is 3. The van der Waals surface area contributed by atoms with Gasteiger partial charge in [0.25, 0.3) is 0 Å². The Kier molecular flexibility index (Phi) is 5.00. The number of nitrogens with two attached hydrogens (primary N) is 1. The minimum absolute atomic E-state index is 0.00819. The van der Waals surface area contributed by atoms with E-state index in [0.29, 0.717) is 0 Å². The number of carbonyl (C=O) groups is 1. The van der Waals surface area contributed by atoms with Crippen molar-refractivity contribution in [3.63, 3.8) is 0 Å². The predicted molar refractivity (Wildman–Crippen MR) is 76.3 cm³/mol. The van der Waals surface area contributed by atoms with E-state index >= 15 is 0 Å². The van der Waals surface area contributed by atoms with Gasteiger partial charge in [0, 0.05) is 6.20 Å². The van der Waals surface area contributed by atoms with Crippen molar-refractivity contribution in [3.05, 3.63) is 22.7 Å². The Bertz CT molecular complexity index is 634. The zero-order valence-corrected chi connectivity index (χ0v) is 12.3. The summed E-state index contributed by atoms with van der Waals surface area (Å²) in [6, 6.07) is 1.32. The maximum Gasteiger partial charge on any atom is 0.351 e. The monoisotopic (exact) mass is 329 g/mol. The van der Waals surface area contributed by atoms with Gasteiger partial charge in [-0.05, 0) is 12.5 Å². The van der Waals surface area contributed by atoms with Gasteiger partial charge in [0.1, 0.15) is 24.1 Å². The molecule has 1 saturated heterocycles. The second kappa shape index (κ2) is 6.62. The molecular formula is C13H19N3O7. The van der Waals surface area contributed by atoms with E-state index < -0.39 is 48.2 Å². The van der Waals surface area contributed by atoms with Crippen molar-refractivity contribution < 1.29 is 30.0 Å². The van der Waals surface area contributed by atoms with Gasteiger partial charge >= 0.3 is 11.7 Å². The summed E-state index contributed by atoms with van der Waals surface area (Å²) in [5.41, 5.74) is 4.59. The average molecular weight is 329 g/mol. The molecule has 6 N–H and O–H groups in total. The molecule has 2 rings (SSSR count). The maximum atomic E-state index is 11.8. The number of aliphatic hydroxyl groups excluding tert-OH is 3. The third kappa shape index (κ3) is 3.50. The molecule has 2 heterocycles. The lowest BCUT2D eigenvalue weighted by Crippen LogP contribution is -2.40. The summed E-state index contributed by atoms with van der Waals surface area (Å²) < 4.78 is 6.32. The van der Waals surface area contributed by atoms with Crippen molar-refractivity contribution in [3.8, 4) is 0 Å². The van der Waals surface area contributed by atoms with Crippen molar-refractivity contribution in [2.75, 3.05) is 5.73 Å². The van der Waals surface area contributed by atoms with Gasteiger partial charge in [-0.1, -0.05) is 6.92 Å². The fraction of sp³-hybridized carbons (Fsp3) is 0.615. The van der Waals surface area contributed by atoms with E-state index in [1.807, 2.05) is 0 Å². The highest BCUT2D eigenvalue weighted by Crippen LogP contribution is 2.31. The Hall–Kier alpha value is -2.01. The van der Waals surface area contributed by atoms with Crippen LogP contribution in [0.5, 0.6) is 0 Å². The molecule has 0 aliphatic carbocycles. The SMILES string of the molecule is CC(CC(O)[C@H]1O[C@@H](n2ccc(N)nc2=O)[C@H](O)[C@@H]1O)C(=O)O. The van der Waals surface area contributed by atoms with E-state index in [-0.39, 0.29) is 12.2 Å². The summed E-state index contributed by atoms with van der Waals surface area (Å²) in [5.74, 6) is -1.98. The molecule has 0 aromatic carbocycles. The molecule has 0 saturated carbocycles. The summed E-state index contributed by atoms with van der Waals surface area (Å²) in [4.78, 5) is 26.1. The van der Waals surface area contributed by atoms with Crippen LogP contribution in [0.3, 0.4) is 0 Å². The number of hydrogen-bond acceptors (Lipinski definition) is 8. The zero-order valence-electron chi connectivity index (χ0n) is 12.3. The number of ether oxygens (including phenoxy) is 1. The quantitative estimate of drug-likeness (QED) is 0.407. The Morgan fingerprint density at radius 1 is 1.48 bits per heavy atom. The standard InChI is InChI=1S/C13H19N3O7/c1-5(12(20)21)4-6(17)10-8(18)9(19)11(23-10)16-3-2-7(14)15-13(16)22/h2-3,5-6,8-11,17-19H,4H2,1H3,(H,20,21)(H2,14,15,22)/t5?,6?,8-,9+,10+,11+/m0/s1. The van der Waals surface area contributed by atoms with E-state index in [1.54, 1.807) is 0 Å². The van der Waals surface area contributed by atoms with E-state index in [9.17, 15) is 24.9 Å². The maximum absolute atomic E-state index is 11.8. The minimum atomic E-state index is -1.49. The first-order chi connectivity index (χ1) is 10.7. The molecule has 6 atom stereocenters. The second-order valence-corrected chi connectivity index (χ2v) is 5.56. The number of nitrogen functional groups attached to an aromatic ring is 1. The predicted octanol–water partition coefficient (Wildman–Crippen LogP) is -2.08. The lowest BCUT2D eigenvalue weighted by molar-refractivity contribution is -0.144. The van der Waals surface area contributed by atoms with Gasteiger partial charge in [0.05, 0.1) is 12.0 Å². The molecule has 0 bridgehead atoms. The molecule has 0 spiro atoms. The molecule has 1 aromatic rings. The van der Waals surface area contributed by atoms with Gasteiger partial charge < -0.3 is 30.9 Å². The molecular weight excluding hydrogens is 310 g/mol. The fourth-order valence-corrected chi connectivity index (χ4v) is 2.45. The number of aromatic nitrogens is 2. The third-order valence-electron chi connectivity index (χ3n) is 3.80. The molecule has 2 unspecified atom stereocenters. The van der Waals surface area contributed by atoms with Crippen molar-refractivity contribution in [1.82, 2.24) is 9.55 Å². The lowest BCUT2D eigenvalue weighted by Gasteiger charge is -2.22. The number of rotatable bonds is 5. The molecule has 0 amide bonds. The van der Waals surface area contributed by atoms with Crippen LogP contribution in [0.4, 0.5) is 5.82 Å². The summed E-state index contributed by atoms with van der Waals surface area (Å²) in [6.45, 7) is 1.40. The normalized spacial score (nSPS) is 30.1. The molecule has 10 heteroatoms. The molecule has 10 nitrogen and oxygen atoms in total. The van der Waals surface area contributed by atoms with Crippen molar-refractivity contribution >= 4 is 11.8 Å². The molecule has 23 heavy (non-hydrogen) atoms. The molecule has 1 aliphatic heterocycles. The first kappa shape index (κ1) is 17.3. The smallest absolute Gasteiger partial charge is 0.351 e. The molecule has 1 aliphatic rings. The molecule has 1 aromatic heterocycles. The minimum Gasteiger partial charge on any atom is -0.481 e. The van der Waals surface area contributed by atoms with E-state index in [2.05, 4.69) is 4.98 Å². The van der Waals surface area contributed by atoms with Gasteiger partial charge in [-0.25, -0.2) is 4.79 Å². The molecule has 128 valence electrons. The Labute approximate surface area is 130 Å². The summed E-state index contributed by atoms with van der Waals surface area (Å²) in [6.07, 6.45) is -5.72. The summed E-state index contributed by atoms with van der Waals surface area (Å²) >= 11 is 0. The molecule has 1 fully saturated rings. The van der Waals surface area contributed by atoms with Gasteiger partial charge in [0.2, 0.25) is 0 Å². The average Bonchev–Trinajstić information content (AvgIpc) is 2.75. The first-order valence-electron chi connectivity index (χ1n) is 6.99. The van der Waals surface area contributed by atoms with Crippen LogP contribution < -0.4 is 11.4 Å². The van der Waals surface area contributed by atoms with Crippen LogP contribution in [0.2, 0.25) is 0 Å². The number of nitrogens with zero attached hydrogens (tertiary/aromatic N) is 2. The zero-order chi connectivity index (χ0) is 17.3. The van der Waals surface area contributed by atoms with Crippen LogP contribution in [0, 0.1) is 5.92 Å².